The van der Waals surface area contributed by atoms with Gasteiger partial charge in [0, 0.05) is 6.04 Å². The second kappa shape index (κ2) is 12.4. The minimum atomic E-state index is -2.87. The average molecular weight is 515 g/mol. The Morgan fingerprint density at radius 1 is 0.806 bits per heavy atom. The van der Waals surface area contributed by atoms with Crippen molar-refractivity contribution >= 4 is 56.0 Å². The molecule has 1 unspecified atom stereocenters. The minimum absolute atomic E-state index is 0.0374. The molecule has 14 heteroatoms. The zero-order chi connectivity index (χ0) is 24.5. The molecule has 0 spiro atoms. The van der Waals surface area contributed by atoms with E-state index in [1.807, 2.05) is 19.6 Å². The van der Waals surface area contributed by atoms with Gasteiger partial charge in [-0.1, -0.05) is 19.6 Å². The van der Waals surface area contributed by atoms with Gasteiger partial charge in [0.25, 0.3) is 0 Å². The predicted molar refractivity (Wildman–Crippen MR) is 124 cm³/mol. The van der Waals surface area contributed by atoms with Crippen LogP contribution in [0.4, 0.5) is 0 Å². The van der Waals surface area contributed by atoms with Gasteiger partial charge in [-0.25, -0.2) is 0 Å². The summed E-state index contributed by atoms with van der Waals surface area (Å²) >= 11 is 0. The van der Waals surface area contributed by atoms with Crippen molar-refractivity contribution in [3.8, 4) is 0 Å². The van der Waals surface area contributed by atoms with Crippen molar-refractivity contribution in [2.75, 3.05) is 13.4 Å². The Morgan fingerprint density at radius 3 is 1.61 bits per heavy atom. The average Bonchev–Trinajstić information content (AvgIpc) is 2.67. The molecule has 0 heterocycles. The van der Waals surface area contributed by atoms with E-state index < -0.39 is 79.0 Å². The Bertz CT molecular complexity index is 611. The summed E-state index contributed by atoms with van der Waals surface area (Å²) in [4.78, 5) is 37.8. The maximum Gasteiger partial charge on any atom is 0.471 e. The highest BCUT2D eigenvalue weighted by Crippen LogP contribution is 2.53. The molecule has 0 aromatic heterocycles. The van der Waals surface area contributed by atoms with E-state index in [-0.39, 0.29) is 6.61 Å². The lowest BCUT2D eigenvalue weighted by Crippen LogP contribution is -2.59. The third kappa shape index (κ3) is 6.56. The molecule has 0 aromatic carbocycles. The number of ether oxygens (including phenoxy) is 2. The molecular formula is C17H38O10Si4. The van der Waals surface area contributed by atoms with Crippen molar-refractivity contribution < 1.29 is 46.4 Å². The van der Waals surface area contributed by atoms with Crippen molar-refractivity contribution in [3.05, 3.63) is 0 Å². The Hall–Kier alpha value is -0.882. The van der Waals surface area contributed by atoms with Crippen LogP contribution < -0.4 is 0 Å². The van der Waals surface area contributed by atoms with E-state index in [2.05, 4.69) is 0 Å². The van der Waals surface area contributed by atoms with E-state index in [0.29, 0.717) is 6.04 Å². The van der Waals surface area contributed by atoms with Crippen molar-refractivity contribution in [1.29, 1.82) is 0 Å². The molecule has 0 amide bonds. The maximum absolute atomic E-state index is 13.1. The van der Waals surface area contributed by atoms with Gasteiger partial charge in [0.05, 0.1) is 22.9 Å². The molecule has 2 N–H and O–H groups in total. The molecule has 0 aliphatic heterocycles. The summed E-state index contributed by atoms with van der Waals surface area (Å²) in [6, 6.07) is 0.303. The van der Waals surface area contributed by atoms with E-state index in [1.54, 1.807) is 0 Å². The molecule has 0 aliphatic rings. The number of rotatable bonds is 15. The van der Waals surface area contributed by atoms with Crippen LogP contribution in [-0.4, -0.2) is 79.6 Å². The normalized spacial score (nSPS) is 17.3. The number of hydrogen-bond acceptors (Lipinski definition) is 9. The summed E-state index contributed by atoms with van der Waals surface area (Å²) in [5.74, 6) is -3.06. The van der Waals surface area contributed by atoms with Crippen LogP contribution in [-0.2, 0) is 36.2 Å². The van der Waals surface area contributed by atoms with Gasteiger partial charge in [-0.3, -0.25) is 14.4 Å². The number of aliphatic hydroxyl groups excluding tert-OH is 1. The number of hydrogen-bond donors (Lipinski definition) is 2. The van der Waals surface area contributed by atoms with Gasteiger partial charge in [0.15, 0.2) is 6.79 Å². The van der Waals surface area contributed by atoms with E-state index in [0.717, 1.165) is 0 Å². The summed E-state index contributed by atoms with van der Waals surface area (Å²) in [6.45, 7) is 11.8. The van der Waals surface area contributed by atoms with Crippen molar-refractivity contribution in [2.45, 2.75) is 60.3 Å². The Labute approximate surface area is 192 Å². The smallest absolute Gasteiger partial charge is 0.471 e. The highest BCUT2D eigenvalue weighted by Gasteiger charge is 2.64. The fourth-order valence-corrected chi connectivity index (χ4v) is 14.0. The maximum atomic E-state index is 13.1. The molecular weight excluding hydrogens is 477 g/mol. The molecule has 0 aromatic rings. The monoisotopic (exact) mass is 514 g/mol. The molecule has 0 bridgehead atoms. The number of carbonyl (C=O) groups is 3. The lowest BCUT2D eigenvalue weighted by Gasteiger charge is -2.47. The summed E-state index contributed by atoms with van der Waals surface area (Å²) in [6.07, 6.45) is 0. The molecule has 0 saturated carbocycles. The third-order valence-electron chi connectivity index (χ3n) is 5.88. The first-order chi connectivity index (χ1) is 14.2. The number of aliphatic hydroxyl groups is 1. The lowest BCUT2D eigenvalue weighted by atomic mass is 9.53. The fourth-order valence-electron chi connectivity index (χ4n) is 3.36. The van der Waals surface area contributed by atoms with Crippen molar-refractivity contribution in [3.63, 3.8) is 0 Å². The van der Waals surface area contributed by atoms with Crippen LogP contribution in [0, 0.1) is 16.2 Å². The van der Waals surface area contributed by atoms with Crippen LogP contribution in [0.1, 0.15) is 34.6 Å². The first-order valence-electron chi connectivity index (χ1n) is 10.3. The number of esters is 2. The van der Waals surface area contributed by atoms with E-state index in [1.165, 1.54) is 34.6 Å². The Morgan fingerprint density at radius 2 is 1.26 bits per heavy atom. The Balaban J connectivity index is 5.78. The largest absolute Gasteiger partial charge is 0.481 e. The van der Waals surface area contributed by atoms with Gasteiger partial charge >= 0.3 is 26.7 Å². The summed E-state index contributed by atoms with van der Waals surface area (Å²) in [7, 11) is -5.29. The van der Waals surface area contributed by atoms with Gasteiger partial charge in [0.1, 0.15) is 29.3 Å². The van der Waals surface area contributed by atoms with Gasteiger partial charge in [-0.15, -0.1) is 0 Å². The number of carbonyl (C=O) groups excluding carboxylic acids is 2. The first kappa shape index (κ1) is 30.1. The van der Waals surface area contributed by atoms with Crippen LogP contribution >= 0.6 is 0 Å². The minimum Gasteiger partial charge on any atom is -0.481 e. The molecule has 1 atom stereocenters. The van der Waals surface area contributed by atoms with Crippen LogP contribution in [0.2, 0.25) is 25.7 Å². The molecule has 0 saturated heterocycles. The van der Waals surface area contributed by atoms with Crippen molar-refractivity contribution in [1.82, 2.24) is 0 Å². The molecule has 182 valence electrons. The SMILES string of the molecule is C[SiH2]O[Si](CCOC(=O)C(C)(C)C(C)(C(=O)OCO)C(C)(C)C(=O)O)(O[SiH2]C)O[SiH2]C. The van der Waals surface area contributed by atoms with Crippen molar-refractivity contribution in [2.24, 2.45) is 16.2 Å². The topological polar surface area (TPSA) is 138 Å². The number of carboxylic acid groups (broad SMARTS) is 1. The fraction of sp³-hybridized carbons (Fsp3) is 0.824. The van der Waals surface area contributed by atoms with Crippen LogP contribution in [0.5, 0.6) is 0 Å². The second-order valence-electron chi connectivity index (χ2n) is 8.11. The van der Waals surface area contributed by atoms with E-state index in [4.69, 9.17) is 26.9 Å². The standard InChI is InChI=1S/C17H38O10Si4/c1-15(2,12(19)20)17(5,14(22)24-11-18)16(3,4)13(21)23-9-10-31(25-28-6,26-29-7)27-30-8/h18H,9-11,28-30H2,1-8H3,(H,19,20). The first-order valence-corrected chi connectivity index (χ1v) is 18.2. The predicted octanol–water partition coefficient (Wildman–Crippen LogP) is -0.450. The summed E-state index contributed by atoms with van der Waals surface area (Å²) in [5.41, 5.74) is -5.13. The van der Waals surface area contributed by atoms with Crippen LogP contribution in [0.3, 0.4) is 0 Å². The zero-order valence-electron chi connectivity index (χ0n) is 19.9. The van der Waals surface area contributed by atoms with Gasteiger partial charge in [-0.05, 0) is 34.6 Å². The lowest BCUT2D eigenvalue weighted by molar-refractivity contribution is -0.199. The molecule has 0 fully saturated rings. The quantitative estimate of drug-likeness (QED) is 0.168. The zero-order valence-corrected chi connectivity index (χ0v) is 25.1. The molecule has 10 nitrogen and oxygen atoms in total. The summed E-state index contributed by atoms with van der Waals surface area (Å²) < 4.78 is 28.0. The van der Waals surface area contributed by atoms with Gasteiger partial charge in [-0.2, -0.15) is 0 Å². The molecule has 0 aliphatic carbocycles. The highest BCUT2D eigenvalue weighted by atomic mass is 28.5. The third-order valence-corrected chi connectivity index (χ3v) is 15.4. The molecule has 0 radical (unpaired) electrons. The number of aliphatic carboxylic acids is 1. The second-order valence-corrected chi connectivity index (χ2v) is 15.2. The van der Waals surface area contributed by atoms with E-state index >= 15 is 0 Å². The molecule has 31 heavy (non-hydrogen) atoms. The highest BCUT2D eigenvalue weighted by molar-refractivity contribution is 6.73. The van der Waals surface area contributed by atoms with Crippen LogP contribution in [0.25, 0.3) is 0 Å². The van der Waals surface area contributed by atoms with Gasteiger partial charge in [0.2, 0.25) is 0 Å². The Kier molecular flexibility index (Phi) is 12.0. The van der Waals surface area contributed by atoms with Crippen LogP contribution in [0.15, 0.2) is 0 Å². The number of carboxylic acids is 1. The van der Waals surface area contributed by atoms with Gasteiger partial charge < -0.3 is 32.0 Å². The molecule has 0 rings (SSSR count). The van der Waals surface area contributed by atoms with E-state index in [9.17, 15) is 19.5 Å². The summed E-state index contributed by atoms with van der Waals surface area (Å²) in [5, 5.41) is 18.8.